The molecule has 0 saturated carbocycles. The maximum absolute atomic E-state index is 13.5. The molecule has 1 aromatic heterocycles. The molecule has 0 bridgehead atoms. The second-order valence-electron chi connectivity index (χ2n) is 8.25. The normalized spacial score (nSPS) is 20.3. The second kappa shape index (κ2) is 8.55. The van der Waals surface area contributed by atoms with E-state index < -0.39 is 11.8 Å². The first-order chi connectivity index (χ1) is 14.9. The highest BCUT2D eigenvalue weighted by Crippen LogP contribution is 2.38. The smallest absolute Gasteiger partial charge is 0.289 e. The van der Waals surface area contributed by atoms with E-state index in [2.05, 4.69) is 5.32 Å². The Balaban J connectivity index is 1.58. The van der Waals surface area contributed by atoms with Crippen LogP contribution in [0.5, 0.6) is 0 Å². The number of piperidine rings is 1. The van der Waals surface area contributed by atoms with Crippen LogP contribution >= 0.6 is 0 Å². The fourth-order valence-electron chi connectivity index (χ4n) is 4.28. The van der Waals surface area contributed by atoms with Gasteiger partial charge in [0, 0.05) is 37.5 Å². The summed E-state index contributed by atoms with van der Waals surface area (Å²) in [6.45, 7) is 4.69. The van der Waals surface area contributed by atoms with Crippen molar-refractivity contribution in [3.63, 3.8) is 0 Å². The largest absolute Gasteiger partial charge is 0.459 e. The van der Waals surface area contributed by atoms with Crippen molar-refractivity contribution in [2.24, 2.45) is 0 Å². The van der Waals surface area contributed by atoms with Crippen molar-refractivity contribution >= 4 is 17.7 Å². The van der Waals surface area contributed by atoms with Crippen LogP contribution in [0.3, 0.4) is 0 Å². The molecule has 1 spiro atoms. The van der Waals surface area contributed by atoms with Gasteiger partial charge in [0.15, 0.2) is 5.76 Å². The van der Waals surface area contributed by atoms with Crippen molar-refractivity contribution in [1.29, 1.82) is 0 Å². The van der Waals surface area contributed by atoms with E-state index in [4.69, 9.17) is 9.15 Å². The Bertz CT molecular complexity index is 933. The Morgan fingerprint density at radius 3 is 2.35 bits per heavy atom. The lowest BCUT2D eigenvalue weighted by atomic mass is 9.96. The molecule has 4 rings (SSSR count). The van der Waals surface area contributed by atoms with Gasteiger partial charge in [0.05, 0.1) is 12.9 Å². The fourth-order valence-corrected chi connectivity index (χ4v) is 4.28. The third-order valence-electron chi connectivity index (χ3n) is 5.80. The molecule has 8 heteroatoms. The zero-order valence-electron chi connectivity index (χ0n) is 17.7. The Morgan fingerprint density at radius 2 is 1.74 bits per heavy atom. The summed E-state index contributed by atoms with van der Waals surface area (Å²) in [6, 6.07) is 11.5. The molecular weight excluding hydrogens is 398 g/mol. The Morgan fingerprint density at radius 1 is 1.03 bits per heavy atom. The summed E-state index contributed by atoms with van der Waals surface area (Å²) in [7, 11) is 0. The van der Waals surface area contributed by atoms with Crippen LogP contribution in [0, 0.1) is 0 Å². The monoisotopic (exact) mass is 425 g/mol. The molecule has 3 heterocycles. The number of ether oxygens (including phenoxy) is 1. The predicted molar refractivity (Wildman–Crippen MR) is 112 cm³/mol. The summed E-state index contributed by atoms with van der Waals surface area (Å²) in [5.41, 5.74) is -0.421. The molecule has 31 heavy (non-hydrogen) atoms. The van der Waals surface area contributed by atoms with Gasteiger partial charge < -0.3 is 19.4 Å². The van der Waals surface area contributed by atoms with E-state index in [1.165, 1.54) is 6.26 Å². The van der Waals surface area contributed by atoms with Gasteiger partial charge in [-0.25, -0.2) is 0 Å². The van der Waals surface area contributed by atoms with Gasteiger partial charge >= 0.3 is 0 Å². The molecule has 1 aromatic carbocycles. The van der Waals surface area contributed by atoms with Crippen LogP contribution in [-0.4, -0.2) is 65.0 Å². The van der Waals surface area contributed by atoms with Gasteiger partial charge in [-0.2, -0.15) is 0 Å². The summed E-state index contributed by atoms with van der Waals surface area (Å²) >= 11 is 0. The summed E-state index contributed by atoms with van der Waals surface area (Å²) in [5.74, 6) is -0.374. The molecule has 1 atom stereocenters. The molecule has 8 nitrogen and oxygen atoms in total. The number of carbonyl (C=O) groups excluding carboxylic acids is 3. The van der Waals surface area contributed by atoms with Gasteiger partial charge in [0.25, 0.3) is 11.8 Å². The number of rotatable bonds is 4. The number of benzene rings is 1. The third kappa shape index (κ3) is 4.07. The Labute approximate surface area is 181 Å². The van der Waals surface area contributed by atoms with Crippen molar-refractivity contribution in [3.05, 3.63) is 60.1 Å². The van der Waals surface area contributed by atoms with E-state index >= 15 is 0 Å². The minimum Gasteiger partial charge on any atom is -0.459 e. The number of amides is 3. The quantitative estimate of drug-likeness (QED) is 0.811. The molecular formula is C23H27N3O5. The van der Waals surface area contributed by atoms with Gasteiger partial charge in [-0.1, -0.05) is 18.2 Å². The minimum atomic E-state index is -0.925. The molecule has 2 fully saturated rings. The van der Waals surface area contributed by atoms with E-state index in [0.717, 1.165) is 0 Å². The highest BCUT2D eigenvalue weighted by atomic mass is 16.5. The topological polar surface area (TPSA) is 92.1 Å². The number of carbonyl (C=O) groups is 3. The van der Waals surface area contributed by atoms with Crippen LogP contribution in [-0.2, 0) is 9.53 Å². The first kappa shape index (κ1) is 21.1. The van der Waals surface area contributed by atoms with Crippen LogP contribution in [0.25, 0.3) is 0 Å². The van der Waals surface area contributed by atoms with E-state index in [9.17, 15) is 14.4 Å². The van der Waals surface area contributed by atoms with Crippen LogP contribution < -0.4 is 5.32 Å². The second-order valence-corrected chi connectivity index (χ2v) is 8.25. The standard InChI is InChI=1S/C23H27N3O5/c1-16(2)24-20(27)18-15-31-23(26(18)21(28)17-7-4-3-5-8-17)10-12-25(13-11-23)22(29)19-9-6-14-30-19/h3-9,14,16,18H,10-13,15H2,1-2H3,(H,24,27). The molecule has 0 radical (unpaired) electrons. The van der Waals surface area contributed by atoms with Crippen LogP contribution in [0.1, 0.15) is 47.6 Å². The molecule has 1 unspecified atom stereocenters. The molecule has 2 aliphatic heterocycles. The van der Waals surface area contributed by atoms with Gasteiger partial charge in [-0.3, -0.25) is 19.3 Å². The van der Waals surface area contributed by atoms with Crippen LogP contribution in [0.2, 0.25) is 0 Å². The summed E-state index contributed by atoms with van der Waals surface area (Å²) in [6.07, 6.45) is 2.31. The van der Waals surface area contributed by atoms with E-state index in [1.54, 1.807) is 46.2 Å². The minimum absolute atomic E-state index is 0.0505. The van der Waals surface area contributed by atoms with E-state index in [1.807, 2.05) is 19.9 Å². The highest BCUT2D eigenvalue weighted by molar-refractivity contribution is 5.98. The average Bonchev–Trinajstić information content (AvgIpc) is 3.42. The van der Waals surface area contributed by atoms with Gasteiger partial charge in [0.1, 0.15) is 11.8 Å². The van der Waals surface area contributed by atoms with Crippen molar-refractivity contribution in [3.8, 4) is 0 Å². The average molecular weight is 425 g/mol. The van der Waals surface area contributed by atoms with Gasteiger partial charge in [0.2, 0.25) is 5.91 Å². The maximum Gasteiger partial charge on any atom is 0.289 e. The number of likely N-dealkylation sites (tertiary alicyclic amines) is 1. The van der Waals surface area contributed by atoms with Crippen LogP contribution in [0.15, 0.2) is 53.1 Å². The highest BCUT2D eigenvalue weighted by Gasteiger charge is 2.54. The molecule has 2 aromatic rings. The first-order valence-corrected chi connectivity index (χ1v) is 10.6. The lowest BCUT2D eigenvalue weighted by molar-refractivity contribution is -0.128. The lowest BCUT2D eigenvalue weighted by Crippen LogP contribution is -2.60. The SMILES string of the molecule is CC(C)NC(=O)C1COC2(CCN(C(=O)c3ccco3)CC2)N1C(=O)c1ccccc1. The zero-order valence-corrected chi connectivity index (χ0v) is 17.7. The maximum atomic E-state index is 13.5. The molecule has 2 saturated heterocycles. The van der Waals surface area contributed by atoms with Crippen molar-refractivity contribution in [2.45, 2.75) is 44.5 Å². The Hall–Kier alpha value is -3.13. The number of furan rings is 1. The summed E-state index contributed by atoms with van der Waals surface area (Å²) in [4.78, 5) is 42.3. The van der Waals surface area contributed by atoms with Crippen molar-refractivity contribution in [2.75, 3.05) is 19.7 Å². The number of hydrogen-bond acceptors (Lipinski definition) is 5. The van der Waals surface area contributed by atoms with Crippen molar-refractivity contribution in [1.82, 2.24) is 15.1 Å². The van der Waals surface area contributed by atoms with Crippen LogP contribution in [0.4, 0.5) is 0 Å². The number of nitrogens with one attached hydrogen (secondary N) is 1. The fraction of sp³-hybridized carbons (Fsp3) is 0.435. The van der Waals surface area contributed by atoms with Crippen molar-refractivity contribution < 1.29 is 23.5 Å². The first-order valence-electron chi connectivity index (χ1n) is 10.6. The summed E-state index contributed by atoms with van der Waals surface area (Å²) < 4.78 is 11.4. The van der Waals surface area contributed by atoms with E-state index in [-0.39, 0.29) is 36.1 Å². The van der Waals surface area contributed by atoms with Gasteiger partial charge in [-0.05, 0) is 38.1 Å². The molecule has 0 aliphatic carbocycles. The third-order valence-corrected chi connectivity index (χ3v) is 5.80. The molecule has 164 valence electrons. The van der Waals surface area contributed by atoms with Gasteiger partial charge in [-0.15, -0.1) is 0 Å². The Kier molecular flexibility index (Phi) is 5.82. The predicted octanol–water partition coefficient (Wildman–Crippen LogP) is 2.28. The lowest BCUT2D eigenvalue weighted by Gasteiger charge is -2.44. The molecule has 1 N–H and O–H groups in total. The summed E-state index contributed by atoms with van der Waals surface area (Å²) in [5, 5.41) is 2.90. The molecule has 3 amide bonds. The molecule has 2 aliphatic rings. The number of nitrogens with zero attached hydrogens (tertiary/aromatic N) is 2. The number of hydrogen-bond donors (Lipinski definition) is 1. The zero-order chi connectivity index (χ0) is 22.0. The van der Waals surface area contributed by atoms with E-state index in [0.29, 0.717) is 31.5 Å².